The van der Waals surface area contributed by atoms with Crippen LogP contribution in [0.1, 0.15) is 5.56 Å². The van der Waals surface area contributed by atoms with E-state index in [1.165, 1.54) is 6.21 Å². The summed E-state index contributed by atoms with van der Waals surface area (Å²) in [6, 6.07) is 7.50. The highest BCUT2D eigenvalue weighted by Gasteiger charge is 1.94. The maximum Gasteiger partial charge on any atom is 0.366 e. The van der Waals surface area contributed by atoms with Crippen molar-refractivity contribution in [1.29, 1.82) is 0 Å². The highest BCUT2D eigenvalue weighted by atomic mass is 127. The first-order valence-corrected chi connectivity index (χ1v) is 4.83. The van der Waals surface area contributed by atoms with E-state index in [9.17, 15) is 5.21 Å². The van der Waals surface area contributed by atoms with Crippen LogP contribution in [0.25, 0.3) is 0 Å². The molecule has 0 heterocycles. The molecule has 0 radical (unpaired) electrons. The van der Waals surface area contributed by atoms with Crippen LogP contribution < -0.4 is 11.5 Å². The molecule has 1 aromatic carbocycles. The lowest BCUT2D eigenvalue weighted by atomic mass is 10.2. The number of hydrazone groups is 1. The standard InChI is InChI=1S/C8H9IN4O/c9-7-4-2-1-3-6(7)5-12-13(14)8(10)11/h1-5H,10-11H2. The zero-order chi connectivity index (χ0) is 10.6. The van der Waals surface area contributed by atoms with Crippen LogP contribution in [0.3, 0.4) is 0 Å². The fourth-order valence-corrected chi connectivity index (χ4v) is 1.29. The fraction of sp³-hybridized carbons (Fsp3) is 0. The van der Waals surface area contributed by atoms with Crippen LogP contribution in [0.4, 0.5) is 0 Å². The van der Waals surface area contributed by atoms with Gasteiger partial charge in [-0.1, -0.05) is 18.2 Å². The van der Waals surface area contributed by atoms with Gasteiger partial charge in [0.25, 0.3) is 0 Å². The van der Waals surface area contributed by atoms with Gasteiger partial charge >= 0.3 is 5.96 Å². The van der Waals surface area contributed by atoms with E-state index < -0.39 is 0 Å². The molecule has 5 nitrogen and oxygen atoms in total. The van der Waals surface area contributed by atoms with Gasteiger partial charge in [0.05, 0.1) is 6.21 Å². The van der Waals surface area contributed by atoms with Crippen LogP contribution in [0.15, 0.2) is 29.4 Å². The van der Waals surface area contributed by atoms with Crippen LogP contribution in [0.5, 0.6) is 0 Å². The van der Waals surface area contributed by atoms with Crippen molar-refractivity contribution in [3.05, 3.63) is 38.6 Å². The van der Waals surface area contributed by atoms with Gasteiger partial charge in [-0.15, -0.1) is 9.95 Å². The molecule has 0 aliphatic carbocycles. The Morgan fingerprint density at radius 2 is 2.07 bits per heavy atom. The molecule has 0 fully saturated rings. The maximum absolute atomic E-state index is 10.9. The molecule has 0 aromatic heterocycles. The Hall–Kier alpha value is -1.31. The van der Waals surface area contributed by atoms with Gasteiger partial charge in [-0.2, -0.15) is 0 Å². The highest BCUT2D eigenvalue weighted by Crippen LogP contribution is 2.08. The number of rotatable bonds is 2. The molecule has 6 heteroatoms. The monoisotopic (exact) mass is 304 g/mol. The number of guanidine groups is 1. The third kappa shape index (κ3) is 2.87. The molecule has 0 unspecified atom stereocenters. The van der Waals surface area contributed by atoms with E-state index in [-0.39, 0.29) is 10.8 Å². The van der Waals surface area contributed by atoms with Crippen molar-refractivity contribution >= 4 is 34.8 Å². The minimum absolute atomic E-state index is 0.170. The lowest BCUT2D eigenvalue weighted by molar-refractivity contribution is -0.463. The van der Waals surface area contributed by atoms with Gasteiger partial charge < -0.3 is 5.21 Å². The van der Waals surface area contributed by atoms with E-state index in [1.54, 1.807) is 0 Å². The minimum atomic E-state index is -0.382. The summed E-state index contributed by atoms with van der Waals surface area (Å²) in [6.45, 7) is 0. The minimum Gasteiger partial charge on any atom is -0.722 e. The van der Waals surface area contributed by atoms with Crippen LogP contribution in [-0.4, -0.2) is 17.0 Å². The summed E-state index contributed by atoms with van der Waals surface area (Å²) in [5.41, 5.74) is 10.9. The van der Waals surface area contributed by atoms with Crippen LogP contribution in [0.2, 0.25) is 0 Å². The average Bonchev–Trinajstić information content (AvgIpc) is 2.16. The van der Waals surface area contributed by atoms with E-state index in [4.69, 9.17) is 11.5 Å². The molecule has 0 aliphatic heterocycles. The fourth-order valence-electron chi connectivity index (χ4n) is 0.761. The number of hydrogen-bond donors (Lipinski definition) is 2. The molecule has 0 spiro atoms. The summed E-state index contributed by atoms with van der Waals surface area (Å²) in [5.74, 6) is -0.382. The van der Waals surface area contributed by atoms with Crippen molar-refractivity contribution in [2.24, 2.45) is 16.6 Å². The Morgan fingerprint density at radius 1 is 1.43 bits per heavy atom. The molecule has 0 bridgehead atoms. The Kier molecular flexibility index (Phi) is 3.69. The normalized spacial score (nSPS) is 10.4. The Balaban J connectivity index is 2.90. The molecule has 0 saturated carbocycles. The lowest BCUT2D eigenvalue weighted by Crippen LogP contribution is -2.30. The topological polar surface area (TPSA) is 90.5 Å². The molecule has 1 rings (SSSR count). The third-order valence-corrected chi connectivity index (χ3v) is 2.41. The lowest BCUT2D eigenvalue weighted by Gasteiger charge is -2.02. The maximum atomic E-state index is 10.9. The van der Waals surface area contributed by atoms with Crippen LogP contribution in [-0.2, 0) is 0 Å². The number of hydrogen-bond acceptors (Lipinski definition) is 2. The summed E-state index contributed by atoms with van der Waals surface area (Å²) >= 11 is 2.14. The van der Waals surface area contributed by atoms with Crippen molar-refractivity contribution in [2.45, 2.75) is 0 Å². The van der Waals surface area contributed by atoms with Gasteiger partial charge in [-0.3, -0.25) is 11.5 Å². The van der Waals surface area contributed by atoms with Gasteiger partial charge in [0.15, 0.2) is 0 Å². The van der Waals surface area contributed by atoms with Crippen molar-refractivity contribution in [3.63, 3.8) is 0 Å². The smallest absolute Gasteiger partial charge is 0.366 e. The van der Waals surface area contributed by atoms with Crippen molar-refractivity contribution in [1.82, 2.24) is 0 Å². The Bertz CT molecular complexity index is 385. The average molecular weight is 304 g/mol. The second kappa shape index (κ2) is 4.80. The quantitative estimate of drug-likeness (QED) is 0.207. The predicted molar refractivity (Wildman–Crippen MR) is 63.8 cm³/mol. The number of nitrogens with zero attached hydrogens (tertiary/aromatic N) is 2. The molecule has 0 saturated heterocycles. The van der Waals surface area contributed by atoms with Gasteiger partial charge in [0, 0.05) is 9.13 Å². The molecule has 1 aromatic rings. The summed E-state index contributed by atoms with van der Waals surface area (Å²) in [7, 11) is 0. The van der Waals surface area contributed by atoms with E-state index in [2.05, 4.69) is 27.7 Å². The number of benzene rings is 1. The Labute approximate surface area is 94.8 Å². The van der Waals surface area contributed by atoms with Gasteiger partial charge in [0.2, 0.25) is 0 Å². The third-order valence-electron chi connectivity index (χ3n) is 1.43. The van der Waals surface area contributed by atoms with E-state index in [1.807, 2.05) is 24.3 Å². The summed E-state index contributed by atoms with van der Waals surface area (Å²) in [5, 5.41) is 14.4. The molecular formula is C8H9IN4O. The second-order valence-corrected chi connectivity index (χ2v) is 3.63. The number of halogens is 1. The zero-order valence-electron chi connectivity index (χ0n) is 7.22. The molecule has 0 aliphatic rings. The molecule has 0 atom stereocenters. The first kappa shape index (κ1) is 10.8. The molecular weight excluding hydrogens is 295 g/mol. The number of nitrogens with two attached hydrogens (primary N) is 2. The molecule has 14 heavy (non-hydrogen) atoms. The van der Waals surface area contributed by atoms with Crippen molar-refractivity contribution in [2.75, 3.05) is 0 Å². The van der Waals surface area contributed by atoms with Crippen molar-refractivity contribution < 1.29 is 4.85 Å². The van der Waals surface area contributed by atoms with E-state index in [0.717, 1.165) is 9.13 Å². The largest absolute Gasteiger partial charge is 0.722 e. The summed E-state index contributed by atoms with van der Waals surface area (Å²) in [6.07, 6.45) is 1.41. The first-order valence-electron chi connectivity index (χ1n) is 3.75. The molecule has 74 valence electrons. The van der Waals surface area contributed by atoms with Gasteiger partial charge in [0.1, 0.15) is 0 Å². The van der Waals surface area contributed by atoms with Gasteiger partial charge in [-0.25, -0.2) is 0 Å². The predicted octanol–water partition coefficient (Wildman–Crippen LogP) is 0.409. The highest BCUT2D eigenvalue weighted by molar-refractivity contribution is 14.1. The Morgan fingerprint density at radius 3 is 2.64 bits per heavy atom. The van der Waals surface area contributed by atoms with E-state index in [0.29, 0.717) is 0 Å². The van der Waals surface area contributed by atoms with Crippen LogP contribution >= 0.6 is 22.6 Å². The molecule has 4 N–H and O–H groups in total. The van der Waals surface area contributed by atoms with Crippen molar-refractivity contribution in [3.8, 4) is 0 Å². The summed E-state index contributed by atoms with van der Waals surface area (Å²) < 4.78 is 0.998. The molecule has 0 amide bonds. The SMILES string of the molecule is NC(N)=[N+]([O-])N=Cc1ccccc1I. The van der Waals surface area contributed by atoms with Crippen LogP contribution in [0, 0.1) is 8.78 Å². The second-order valence-electron chi connectivity index (χ2n) is 2.46. The summed E-state index contributed by atoms with van der Waals surface area (Å²) in [4.78, 5) is 0.170. The zero-order valence-corrected chi connectivity index (χ0v) is 9.38. The first-order chi connectivity index (χ1) is 6.61. The van der Waals surface area contributed by atoms with E-state index >= 15 is 0 Å². The van der Waals surface area contributed by atoms with Gasteiger partial charge in [-0.05, 0) is 28.7 Å².